The van der Waals surface area contributed by atoms with E-state index in [1.54, 1.807) is 0 Å². The molecule has 100 valence electrons. The fourth-order valence-corrected chi connectivity index (χ4v) is 2.27. The van der Waals surface area contributed by atoms with Crippen LogP contribution in [0.5, 0.6) is 0 Å². The lowest BCUT2D eigenvalue weighted by molar-refractivity contribution is -0.126. The molecule has 1 amide bonds. The van der Waals surface area contributed by atoms with E-state index < -0.39 is 0 Å². The van der Waals surface area contributed by atoms with Crippen LogP contribution in [0.3, 0.4) is 0 Å². The molecular formula is C13H26N2O2. The number of hydrogen-bond donors (Lipinski definition) is 2. The summed E-state index contributed by atoms with van der Waals surface area (Å²) in [6.07, 6.45) is 5.32. The van der Waals surface area contributed by atoms with Gasteiger partial charge in [-0.05, 0) is 18.8 Å². The van der Waals surface area contributed by atoms with E-state index in [2.05, 4.69) is 5.32 Å². The topological polar surface area (TPSA) is 64.4 Å². The molecule has 0 aromatic rings. The normalized spacial score (nSPS) is 18.6. The summed E-state index contributed by atoms with van der Waals surface area (Å²) in [4.78, 5) is 11.8. The van der Waals surface area contributed by atoms with E-state index >= 15 is 0 Å². The third kappa shape index (κ3) is 5.04. The molecule has 1 aliphatic rings. The Morgan fingerprint density at radius 2 is 2.06 bits per heavy atom. The molecular weight excluding hydrogens is 216 g/mol. The first-order valence-electron chi connectivity index (χ1n) is 6.74. The summed E-state index contributed by atoms with van der Waals surface area (Å²) in [6.45, 7) is 5.66. The van der Waals surface area contributed by atoms with Gasteiger partial charge >= 0.3 is 0 Å². The summed E-state index contributed by atoms with van der Waals surface area (Å²) < 4.78 is 5.68. The molecule has 0 spiro atoms. The molecule has 0 aliphatic heterocycles. The number of rotatable bonds is 7. The van der Waals surface area contributed by atoms with Gasteiger partial charge in [-0.2, -0.15) is 0 Å². The first kappa shape index (κ1) is 14.5. The molecule has 1 aliphatic carbocycles. The molecule has 1 atom stereocenters. The zero-order valence-corrected chi connectivity index (χ0v) is 11.1. The van der Waals surface area contributed by atoms with Gasteiger partial charge in [0.05, 0.1) is 18.6 Å². The van der Waals surface area contributed by atoms with Crippen molar-refractivity contribution in [1.82, 2.24) is 5.32 Å². The Labute approximate surface area is 104 Å². The zero-order chi connectivity index (χ0) is 12.7. The molecule has 4 heteroatoms. The fourth-order valence-electron chi connectivity index (χ4n) is 2.27. The van der Waals surface area contributed by atoms with Crippen molar-refractivity contribution in [2.24, 2.45) is 17.6 Å². The van der Waals surface area contributed by atoms with Crippen LogP contribution in [0, 0.1) is 11.8 Å². The van der Waals surface area contributed by atoms with Crippen molar-refractivity contribution in [3.63, 3.8) is 0 Å². The van der Waals surface area contributed by atoms with Crippen LogP contribution in [0.15, 0.2) is 0 Å². The van der Waals surface area contributed by atoms with E-state index in [9.17, 15) is 4.79 Å². The Morgan fingerprint density at radius 1 is 1.41 bits per heavy atom. The number of amides is 1. The Morgan fingerprint density at radius 3 is 2.59 bits per heavy atom. The smallest absolute Gasteiger partial charge is 0.224 e. The third-order valence-electron chi connectivity index (χ3n) is 3.45. The van der Waals surface area contributed by atoms with Crippen molar-refractivity contribution in [2.75, 3.05) is 19.7 Å². The SMILES string of the molecule is CC(C)C(CN)C(=O)NCCOC1CCCC1. The van der Waals surface area contributed by atoms with E-state index in [1.807, 2.05) is 13.8 Å². The van der Waals surface area contributed by atoms with E-state index in [1.165, 1.54) is 25.7 Å². The monoisotopic (exact) mass is 242 g/mol. The predicted octanol–water partition coefficient (Wildman–Crippen LogP) is 1.29. The summed E-state index contributed by atoms with van der Waals surface area (Å²) in [5, 5.41) is 2.90. The molecule has 0 bridgehead atoms. The van der Waals surface area contributed by atoms with Crippen LogP contribution >= 0.6 is 0 Å². The number of nitrogens with two attached hydrogens (primary N) is 1. The van der Waals surface area contributed by atoms with Crippen molar-refractivity contribution in [3.05, 3.63) is 0 Å². The predicted molar refractivity (Wildman–Crippen MR) is 68.6 cm³/mol. The minimum Gasteiger partial charge on any atom is -0.376 e. The number of hydrogen-bond acceptors (Lipinski definition) is 3. The highest BCUT2D eigenvalue weighted by Crippen LogP contribution is 2.20. The van der Waals surface area contributed by atoms with Crippen molar-refractivity contribution in [1.29, 1.82) is 0 Å². The standard InChI is InChI=1S/C13H26N2O2/c1-10(2)12(9-14)13(16)15-7-8-17-11-5-3-4-6-11/h10-12H,3-9,14H2,1-2H3,(H,15,16). The second-order valence-corrected chi connectivity index (χ2v) is 5.15. The van der Waals surface area contributed by atoms with Gasteiger partial charge in [-0.3, -0.25) is 4.79 Å². The lowest BCUT2D eigenvalue weighted by Crippen LogP contribution is -2.39. The Balaban J connectivity index is 2.10. The van der Waals surface area contributed by atoms with Crippen LogP contribution in [-0.2, 0) is 9.53 Å². The average Bonchev–Trinajstić information content (AvgIpc) is 2.77. The molecule has 0 heterocycles. The van der Waals surface area contributed by atoms with Crippen LogP contribution in [0.1, 0.15) is 39.5 Å². The van der Waals surface area contributed by atoms with Gasteiger partial charge in [0.2, 0.25) is 5.91 Å². The second-order valence-electron chi connectivity index (χ2n) is 5.15. The summed E-state index contributed by atoms with van der Waals surface area (Å²) in [5.41, 5.74) is 5.59. The number of ether oxygens (including phenoxy) is 1. The molecule has 3 N–H and O–H groups in total. The lowest BCUT2D eigenvalue weighted by atomic mass is 9.95. The zero-order valence-electron chi connectivity index (χ0n) is 11.1. The Kier molecular flexibility index (Phi) is 6.52. The van der Waals surface area contributed by atoms with Gasteiger partial charge in [-0.25, -0.2) is 0 Å². The number of carbonyl (C=O) groups excluding carboxylic acids is 1. The van der Waals surface area contributed by atoms with Gasteiger partial charge in [0.1, 0.15) is 0 Å². The number of carbonyl (C=O) groups is 1. The van der Waals surface area contributed by atoms with Gasteiger partial charge in [0.25, 0.3) is 0 Å². The molecule has 0 radical (unpaired) electrons. The van der Waals surface area contributed by atoms with E-state index in [-0.39, 0.29) is 17.7 Å². The summed E-state index contributed by atoms with van der Waals surface area (Å²) >= 11 is 0. The van der Waals surface area contributed by atoms with Gasteiger partial charge in [0.15, 0.2) is 0 Å². The van der Waals surface area contributed by atoms with Crippen LogP contribution in [0.4, 0.5) is 0 Å². The quantitative estimate of drug-likeness (QED) is 0.661. The highest BCUT2D eigenvalue weighted by atomic mass is 16.5. The van der Waals surface area contributed by atoms with E-state index in [0.29, 0.717) is 25.8 Å². The van der Waals surface area contributed by atoms with Crippen LogP contribution in [-0.4, -0.2) is 31.7 Å². The van der Waals surface area contributed by atoms with Crippen LogP contribution in [0.25, 0.3) is 0 Å². The van der Waals surface area contributed by atoms with Crippen molar-refractivity contribution in [2.45, 2.75) is 45.6 Å². The minimum atomic E-state index is -0.0820. The summed E-state index contributed by atoms with van der Waals surface area (Å²) in [7, 11) is 0. The maximum Gasteiger partial charge on any atom is 0.224 e. The molecule has 0 saturated heterocycles. The van der Waals surface area contributed by atoms with Crippen molar-refractivity contribution in [3.8, 4) is 0 Å². The molecule has 1 saturated carbocycles. The van der Waals surface area contributed by atoms with Gasteiger partial charge in [-0.1, -0.05) is 26.7 Å². The van der Waals surface area contributed by atoms with E-state index in [4.69, 9.17) is 10.5 Å². The summed E-state index contributed by atoms with van der Waals surface area (Å²) in [5.74, 6) is 0.259. The highest BCUT2D eigenvalue weighted by molar-refractivity contribution is 5.79. The first-order valence-corrected chi connectivity index (χ1v) is 6.74. The maximum absolute atomic E-state index is 11.8. The Bertz CT molecular complexity index is 225. The first-order chi connectivity index (χ1) is 8.15. The number of nitrogens with one attached hydrogen (secondary N) is 1. The third-order valence-corrected chi connectivity index (χ3v) is 3.45. The molecule has 1 fully saturated rings. The van der Waals surface area contributed by atoms with Gasteiger partial charge < -0.3 is 15.8 Å². The molecule has 0 aromatic heterocycles. The molecule has 1 rings (SSSR count). The molecule has 17 heavy (non-hydrogen) atoms. The second kappa shape index (κ2) is 7.67. The highest BCUT2D eigenvalue weighted by Gasteiger charge is 2.20. The largest absolute Gasteiger partial charge is 0.376 e. The van der Waals surface area contributed by atoms with Crippen molar-refractivity contribution >= 4 is 5.91 Å². The van der Waals surface area contributed by atoms with Crippen molar-refractivity contribution < 1.29 is 9.53 Å². The van der Waals surface area contributed by atoms with Crippen LogP contribution in [0.2, 0.25) is 0 Å². The lowest BCUT2D eigenvalue weighted by Gasteiger charge is -2.18. The average molecular weight is 242 g/mol. The van der Waals surface area contributed by atoms with Crippen LogP contribution < -0.4 is 11.1 Å². The minimum absolute atomic E-state index is 0.0533. The van der Waals surface area contributed by atoms with E-state index in [0.717, 1.165) is 0 Å². The maximum atomic E-state index is 11.8. The fraction of sp³-hybridized carbons (Fsp3) is 0.923. The summed E-state index contributed by atoms with van der Waals surface area (Å²) in [6, 6.07) is 0. The Hall–Kier alpha value is -0.610. The van der Waals surface area contributed by atoms with Gasteiger partial charge in [0, 0.05) is 13.1 Å². The molecule has 4 nitrogen and oxygen atoms in total. The molecule has 1 unspecified atom stereocenters. The van der Waals surface area contributed by atoms with Gasteiger partial charge in [-0.15, -0.1) is 0 Å². The molecule has 0 aromatic carbocycles.